The fraction of sp³-hybridized carbons (Fsp3) is 0. The zero-order chi connectivity index (χ0) is 36.6. The van der Waals surface area contributed by atoms with Crippen molar-refractivity contribution in [2.24, 2.45) is 0 Å². The molecule has 0 aliphatic carbocycles. The quantitative estimate of drug-likeness (QED) is 0.184. The van der Waals surface area contributed by atoms with Crippen molar-refractivity contribution in [3.63, 3.8) is 0 Å². The van der Waals surface area contributed by atoms with Gasteiger partial charge in [0, 0.05) is 43.6 Å². The van der Waals surface area contributed by atoms with Crippen molar-refractivity contribution in [3.8, 4) is 40.3 Å². The highest BCUT2D eigenvalue weighted by atomic mass is 15.0. The number of para-hydroxylation sites is 6. The summed E-state index contributed by atoms with van der Waals surface area (Å²) in [6.07, 6.45) is 0. The molecule has 55 heavy (non-hydrogen) atoms. The molecule has 0 aliphatic rings. The van der Waals surface area contributed by atoms with Gasteiger partial charge in [-0.3, -0.25) is 0 Å². The normalized spacial score (nSPS) is 11.6. The van der Waals surface area contributed by atoms with E-state index in [0.717, 1.165) is 61.0 Å². The van der Waals surface area contributed by atoms with E-state index in [4.69, 9.17) is 0 Å². The number of aromatic nitrogens is 3. The lowest BCUT2D eigenvalue weighted by Crippen LogP contribution is -2.01. The number of nitriles is 2. The summed E-state index contributed by atoms with van der Waals surface area (Å²) in [6.45, 7) is 0. The molecule has 11 aromatic rings. The smallest absolute Gasteiger partial charge is 0.101 e. The molecule has 0 amide bonds. The summed E-state index contributed by atoms with van der Waals surface area (Å²) in [5.41, 5.74) is 12.2. The lowest BCUT2D eigenvalue weighted by molar-refractivity contribution is 1.15. The molecular formula is C50H29N5. The van der Waals surface area contributed by atoms with Gasteiger partial charge in [-0.1, -0.05) is 115 Å². The number of nitrogens with zero attached hydrogens (tertiary/aromatic N) is 5. The first-order valence-electron chi connectivity index (χ1n) is 18.3. The Morgan fingerprint density at radius 2 is 0.873 bits per heavy atom. The molecule has 3 aromatic heterocycles. The van der Waals surface area contributed by atoms with E-state index in [9.17, 15) is 10.5 Å². The Labute approximate surface area is 316 Å². The molecule has 8 aromatic carbocycles. The molecule has 3 heterocycles. The summed E-state index contributed by atoms with van der Waals surface area (Å²) < 4.78 is 6.84. The van der Waals surface area contributed by atoms with Gasteiger partial charge in [0.1, 0.15) is 12.1 Å². The standard InChI is InChI=1S/C50H29N5/c51-30-33-25-24-32(28-48(33)55-47-23-10-5-17-40(47)42-18-11-12-34(31-52)50(42)55)36-13-1-6-19-43(36)54-46-22-9-4-16-39(46)41-27-26-35(29-49(41)54)53-44-20-7-2-14-37(44)38-15-3-8-21-45(38)53/h1-29H. The predicted molar refractivity (Wildman–Crippen MR) is 224 cm³/mol. The molecule has 11 rings (SSSR count). The van der Waals surface area contributed by atoms with Crippen LogP contribution in [0.15, 0.2) is 176 Å². The van der Waals surface area contributed by atoms with Crippen LogP contribution in [0, 0.1) is 22.7 Å². The molecule has 5 nitrogen and oxygen atoms in total. The Morgan fingerprint density at radius 3 is 1.53 bits per heavy atom. The maximum atomic E-state index is 10.5. The average Bonchev–Trinajstić information content (AvgIpc) is 3.89. The van der Waals surface area contributed by atoms with Crippen molar-refractivity contribution in [2.45, 2.75) is 0 Å². The van der Waals surface area contributed by atoms with Crippen LogP contribution in [0.1, 0.15) is 11.1 Å². The minimum atomic E-state index is 0.532. The van der Waals surface area contributed by atoms with Crippen molar-refractivity contribution in [2.75, 3.05) is 0 Å². The molecule has 5 heteroatoms. The van der Waals surface area contributed by atoms with Crippen molar-refractivity contribution >= 4 is 65.4 Å². The van der Waals surface area contributed by atoms with Gasteiger partial charge in [0.15, 0.2) is 0 Å². The lowest BCUT2D eigenvalue weighted by atomic mass is 10.00. The first kappa shape index (κ1) is 30.7. The molecule has 0 atom stereocenters. The summed E-state index contributed by atoms with van der Waals surface area (Å²) in [4.78, 5) is 0. The molecule has 0 saturated heterocycles. The minimum Gasteiger partial charge on any atom is -0.309 e. The van der Waals surface area contributed by atoms with Gasteiger partial charge in [0.25, 0.3) is 0 Å². The second-order valence-electron chi connectivity index (χ2n) is 14.0. The molecule has 0 saturated carbocycles. The van der Waals surface area contributed by atoms with Crippen molar-refractivity contribution < 1.29 is 0 Å². The number of rotatable bonds is 4. The third kappa shape index (κ3) is 4.39. The topological polar surface area (TPSA) is 62.4 Å². The highest BCUT2D eigenvalue weighted by molar-refractivity contribution is 6.13. The molecular weight excluding hydrogens is 671 g/mol. The van der Waals surface area contributed by atoms with Crippen LogP contribution in [0.3, 0.4) is 0 Å². The third-order valence-corrected chi connectivity index (χ3v) is 11.1. The Balaban J connectivity index is 1.18. The molecule has 0 aliphatic heterocycles. The molecule has 0 bridgehead atoms. The second kappa shape index (κ2) is 11.8. The van der Waals surface area contributed by atoms with Crippen LogP contribution in [0.4, 0.5) is 0 Å². The molecule has 0 fully saturated rings. The number of benzene rings is 8. The number of hydrogen-bond donors (Lipinski definition) is 0. The fourth-order valence-corrected chi connectivity index (χ4v) is 8.81. The van der Waals surface area contributed by atoms with Crippen LogP contribution in [0.2, 0.25) is 0 Å². The van der Waals surface area contributed by atoms with Crippen molar-refractivity contribution in [1.82, 2.24) is 13.7 Å². The van der Waals surface area contributed by atoms with E-state index in [-0.39, 0.29) is 0 Å². The average molecular weight is 700 g/mol. The van der Waals surface area contributed by atoms with Crippen LogP contribution in [-0.2, 0) is 0 Å². The monoisotopic (exact) mass is 699 g/mol. The zero-order valence-electron chi connectivity index (χ0n) is 29.5. The molecule has 0 spiro atoms. The molecule has 0 N–H and O–H groups in total. The number of fused-ring (bicyclic) bond motifs is 9. The Hall–Kier alpha value is -7.86. The van der Waals surface area contributed by atoms with Gasteiger partial charge in [-0.15, -0.1) is 0 Å². The molecule has 254 valence electrons. The van der Waals surface area contributed by atoms with E-state index >= 15 is 0 Å². The Morgan fingerprint density at radius 1 is 0.345 bits per heavy atom. The van der Waals surface area contributed by atoms with Crippen LogP contribution in [0.5, 0.6) is 0 Å². The Kier molecular flexibility index (Phi) is 6.61. The van der Waals surface area contributed by atoms with Gasteiger partial charge in [-0.25, -0.2) is 0 Å². The summed E-state index contributed by atoms with van der Waals surface area (Å²) in [5, 5.41) is 27.6. The Bertz CT molecular complexity index is 3420. The SMILES string of the molecule is N#Cc1ccc(-c2ccccc2-n2c3ccccc3c3ccc(-n4c5ccccc5c5ccccc54)cc32)cc1-n1c2ccccc2c2cccc(C#N)c21. The van der Waals surface area contributed by atoms with Crippen molar-refractivity contribution in [1.29, 1.82) is 10.5 Å². The van der Waals surface area contributed by atoms with E-state index in [1.807, 2.05) is 36.4 Å². The summed E-state index contributed by atoms with van der Waals surface area (Å²) in [5.74, 6) is 0. The van der Waals surface area contributed by atoms with E-state index in [2.05, 4.69) is 165 Å². The van der Waals surface area contributed by atoms with E-state index in [0.29, 0.717) is 11.1 Å². The molecule has 0 unspecified atom stereocenters. The summed E-state index contributed by atoms with van der Waals surface area (Å²) >= 11 is 0. The summed E-state index contributed by atoms with van der Waals surface area (Å²) in [6, 6.07) is 66.0. The highest BCUT2D eigenvalue weighted by Gasteiger charge is 2.21. The van der Waals surface area contributed by atoms with Gasteiger partial charge in [-0.05, 0) is 66.2 Å². The minimum absolute atomic E-state index is 0.532. The van der Waals surface area contributed by atoms with Crippen LogP contribution in [-0.4, -0.2) is 13.7 Å². The van der Waals surface area contributed by atoms with Gasteiger partial charge in [0.2, 0.25) is 0 Å². The van der Waals surface area contributed by atoms with Crippen molar-refractivity contribution in [3.05, 3.63) is 187 Å². The fourth-order valence-electron chi connectivity index (χ4n) is 8.81. The highest BCUT2D eigenvalue weighted by Crippen LogP contribution is 2.41. The van der Waals surface area contributed by atoms with E-state index < -0.39 is 0 Å². The van der Waals surface area contributed by atoms with Gasteiger partial charge < -0.3 is 13.7 Å². The first-order valence-corrected chi connectivity index (χ1v) is 18.3. The first-order chi connectivity index (χ1) is 27.2. The zero-order valence-corrected chi connectivity index (χ0v) is 29.5. The number of hydrogen-bond acceptors (Lipinski definition) is 2. The third-order valence-electron chi connectivity index (χ3n) is 11.1. The van der Waals surface area contributed by atoms with E-state index in [1.54, 1.807) is 0 Å². The van der Waals surface area contributed by atoms with Gasteiger partial charge in [-0.2, -0.15) is 10.5 Å². The van der Waals surface area contributed by atoms with Crippen LogP contribution >= 0.6 is 0 Å². The maximum Gasteiger partial charge on any atom is 0.101 e. The van der Waals surface area contributed by atoms with E-state index in [1.165, 1.54) is 32.6 Å². The van der Waals surface area contributed by atoms with Gasteiger partial charge in [0.05, 0.1) is 55.6 Å². The second-order valence-corrected chi connectivity index (χ2v) is 14.0. The largest absolute Gasteiger partial charge is 0.309 e. The predicted octanol–water partition coefficient (Wildman–Crippen LogP) is 12.4. The van der Waals surface area contributed by atoms with Crippen LogP contribution in [0.25, 0.3) is 93.6 Å². The lowest BCUT2D eigenvalue weighted by Gasteiger charge is -2.17. The van der Waals surface area contributed by atoms with Gasteiger partial charge >= 0.3 is 0 Å². The maximum absolute atomic E-state index is 10.5. The van der Waals surface area contributed by atoms with Crippen LogP contribution < -0.4 is 0 Å². The molecule has 0 radical (unpaired) electrons. The summed E-state index contributed by atoms with van der Waals surface area (Å²) in [7, 11) is 0.